The van der Waals surface area contributed by atoms with Crippen LogP contribution in [0.25, 0.3) is 0 Å². The Morgan fingerprint density at radius 2 is 1.04 bits per heavy atom. The van der Waals surface area contributed by atoms with Gasteiger partial charge in [-0.3, -0.25) is 0 Å². The Balaban J connectivity index is 1.74. The zero-order valence-corrected chi connectivity index (χ0v) is 13.7. The first-order valence-electron chi connectivity index (χ1n) is 7.55. The molecule has 0 spiro atoms. The molecule has 0 saturated heterocycles. The zero-order valence-electron chi connectivity index (χ0n) is 13.7. The van der Waals surface area contributed by atoms with Gasteiger partial charge >= 0.3 is 11.9 Å². The third-order valence-corrected chi connectivity index (χ3v) is 3.25. The quantitative estimate of drug-likeness (QED) is 0.728. The first-order valence-corrected chi connectivity index (χ1v) is 7.55. The topological polar surface area (TPSA) is 59.1 Å². The molecule has 0 unspecified atom stereocenters. The maximum atomic E-state index is 11.8. The van der Waals surface area contributed by atoms with E-state index < -0.39 is 11.9 Å². The molecule has 2 rings (SSSR count). The molecule has 0 aromatic heterocycles. The number of carbonyl (C=O) groups is 2. The monoisotopic (exact) mass is 328 g/mol. The highest BCUT2D eigenvalue weighted by Gasteiger charge is 2.14. The summed E-state index contributed by atoms with van der Waals surface area (Å²) in [5.41, 5.74) is 1.49. The smallest absolute Gasteiger partial charge is 0.332 e. The summed E-state index contributed by atoms with van der Waals surface area (Å²) in [7, 11) is 3.27. The highest BCUT2D eigenvalue weighted by molar-refractivity contribution is 5.78. The fraction of sp³-hybridized carbons (Fsp3) is 0.222. The van der Waals surface area contributed by atoms with Crippen LogP contribution < -0.4 is 10.1 Å². The highest BCUT2D eigenvalue weighted by atomic mass is 16.7. The zero-order chi connectivity index (χ0) is 17.4. The van der Waals surface area contributed by atoms with Gasteiger partial charge in [0.25, 0.3) is 0 Å². The Labute approximate surface area is 141 Å². The van der Waals surface area contributed by atoms with Crippen LogP contribution in [0.15, 0.2) is 60.7 Å². The van der Waals surface area contributed by atoms with E-state index in [1.807, 2.05) is 60.7 Å². The molecule has 2 aromatic carbocycles. The molecule has 0 saturated carbocycles. The predicted octanol–water partition coefficient (Wildman–Crippen LogP) is 2.96. The number of hydroxylamine groups is 2. The number of hydrogen-bond acceptors (Lipinski definition) is 6. The molecule has 6 heteroatoms. The van der Waals surface area contributed by atoms with Crippen LogP contribution in [0.3, 0.4) is 0 Å². The van der Waals surface area contributed by atoms with E-state index in [0.717, 1.165) is 11.4 Å². The number of rotatable bonds is 7. The standard InChI is InChI=1S/C18H20N2O4/c1-19(15-9-5-3-6-10-15)23-17(21)13-14-18(22)24-20(2)16-11-7-4-8-12-16/h3-12H,13-14H2,1-2H3. The predicted molar refractivity (Wildman–Crippen MR) is 91.1 cm³/mol. The summed E-state index contributed by atoms with van der Waals surface area (Å²) in [6.45, 7) is 0. The minimum absolute atomic E-state index is 0.0569. The van der Waals surface area contributed by atoms with Gasteiger partial charge in [0.05, 0.1) is 24.2 Å². The van der Waals surface area contributed by atoms with Crippen molar-refractivity contribution in [2.24, 2.45) is 0 Å². The Bertz CT molecular complexity index is 602. The molecule has 2 aromatic rings. The minimum Gasteiger partial charge on any atom is -0.341 e. The molecule has 0 aliphatic carbocycles. The van der Waals surface area contributed by atoms with Crippen molar-refractivity contribution in [2.75, 3.05) is 24.2 Å². The Morgan fingerprint density at radius 1 is 0.708 bits per heavy atom. The molecule has 6 nitrogen and oxygen atoms in total. The summed E-state index contributed by atoms with van der Waals surface area (Å²) < 4.78 is 0. The number of benzene rings is 2. The van der Waals surface area contributed by atoms with Crippen LogP contribution in [-0.4, -0.2) is 26.0 Å². The molecule has 0 N–H and O–H groups in total. The van der Waals surface area contributed by atoms with E-state index in [9.17, 15) is 9.59 Å². The van der Waals surface area contributed by atoms with E-state index >= 15 is 0 Å². The molecule has 0 radical (unpaired) electrons. The molecule has 0 atom stereocenters. The van der Waals surface area contributed by atoms with Crippen LogP contribution in [-0.2, 0) is 19.3 Å². The molecule has 126 valence electrons. The lowest BCUT2D eigenvalue weighted by Crippen LogP contribution is -2.25. The number of para-hydroxylation sites is 2. The van der Waals surface area contributed by atoms with E-state index in [4.69, 9.17) is 9.68 Å². The number of hydrogen-bond donors (Lipinski definition) is 0. The SMILES string of the molecule is CN(OC(=O)CCC(=O)ON(C)c1ccccc1)c1ccccc1. The Kier molecular flexibility index (Phi) is 6.19. The maximum Gasteiger partial charge on any atom is 0.332 e. The van der Waals surface area contributed by atoms with Crippen molar-refractivity contribution < 1.29 is 19.3 Å². The van der Waals surface area contributed by atoms with Crippen molar-refractivity contribution in [3.05, 3.63) is 60.7 Å². The van der Waals surface area contributed by atoms with E-state index in [2.05, 4.69) is 0 Å². The first kappa shape index (κ1) is 17.3. The van der Waals surface area contributed by atoms with Crippen LogP contribution in [0.5, 0.6) is 0 Å². The molecule has 24 heavy (non-hydrogen) atoms. The van der Waals surface area contributed by atoms with Crippen LogP contribution in [0.4, 0.5) is 11.4 Å². The van der Waals surface area contributed by atoms with Crippen LogP contribution in [0.1, 0.15) is 12.8 Å². The first-order chi connectivity index (χ1) is 11.6. The van der Waals surface area contributed by atoms with Gasteiger partial charge in [0.1, 0.15) is 0 Å². The van der Waals surface area contributed by atoms with Crippen molar-refractivity contribution in [3.63, 3.8) is 0 Å². The van der Waals surface area contributed by atoms with Crippen LogP contribution in [0, 0.1) is 0 Å². The second kappa shape index (κ2) is 8.57. The van der Waals surface area contributed by atoms with E-state index in [1.165, 1.54) is 10.1 Å². The third-order valence-electron chi connectivity index (χ3n) is 3.25. The van der Waals surface area contributed by atoms with Crippen molar-refractivity contribution in [3.8, 4) is 0 Å². The van der Waals surface area contributed by atoms with E-state index in [-0.39, 0.29) is 12.8 Å². The maximum absolute atomic E-state index is 11.8. The average Bonchev–Trinajstić information content (AvgIpc) is 2.61. The summed E-state index contributed by atoms with van der Waals surface area (Å²) in [6.07, 6.45) is -0.114. The van der Waals surface area contributed by atoms with Crippen molar-refractivity contribution in [1.82, 2.24) is 0 Å². The van der Waals surface area contributed by atoms with Gasteiger partial charge in [-0.1, -0.05) is 36.4 Å². The number of anilines is 2. The minimum atomic E-state index is -0.499. The highest BCUT2D eigenvalue weighted by Crippen LogP contribution is 2.13. The van der Waals surface area contributed by atoms with Gasteiger partial charge in [-0.2, -0.15) is 0 Å². The summed E-state index contributed by atoms with van der Waals surface area (Å²) in [5.74, 6) is -0.999. The fourth-order valence-corrected chi connectivity index (χ4v) is 1.98. The third kappa shape index (κ3) is 5.31. The van der Waals surface area contributed by atoms with Gasteiger partial charge < -0.3 is 9.68 Å². The van der Waals surface area contributed by atoms with Gasteiger partial charge in [-0.15, -0.1) is 0 Å². The van der Waals surface area contributed by atoms with Crippen LogP contribution in [0.2, 0.25) is 0 Å². The number of carbonyl (C=O) groups excluding carboxylic acids is 2. The average molecular weight is 328 g/mol. The second-order valence-electron chi connectivity index (χ2n) is 5.09. The van der Waals surface area contributed by atoms with E-state index in [0.29, 0.717) is 0 Å². The van der Waals surface area contributed by atoms with Gasteiger partial charge in [-0.05, 0) is 24.3 Å². The summed E-state index contributed by atoms with van der Waals surface area (Å²) >= 11 is 0. The molecule has 0 bridgehead atoms. The Morgan fingerprint density at radius 3 is 1.38 bits per heavy atom. The largest absolute Gasteiger partial charge is 0.341 e. The van der Waals surface area contributed by atoms with Gasteiger partial charge in [0, 0.05) is 14.1 Å². The summed E-state index contributed by atoms with van der Waals surface area (Å²) in [4.78, 5) is 33.9. The molecule has 0 aliphatic heterocycles. The van der Waals surface area contributed by atoms with Crippen molar-refractivity contribution in [1.29, 1.82) is 0 Å². The molecule has 0 aliphatic rings. The fourth-order valence-electron chi connectivity index (χ4n) is 1.98. The van der Waals surface area contributed by atoms with Gasteiger partial charge in [0.2, 0.25) is 0 Å². The van der Waals surface area contributed by atoms with Crippen molar-refractivity contribution in [2.45, 2.75) is 12.8 Å². The molecule has 0 fully saturated rings. The van der Waals surface area contributed by atoms with E-state index in [1.54, 1.807) is 14.1 Å². The lowest BCUT2D eigenvalue weighted by molar-refractivity contribution is -0.151. The number of nitrogens with zero attached hydrogens (tertiary/aromatic N) is 2. The normalized spacial score (nSPS) is 9.92. The molecule has 0 amide bonds. The molecular formula is C18H20N2O4. The second-order valence-corrected chi connectivity index (χ2v) is 5.09. The van der Waals surface area contributed by atoms with Gasteiger partial charge in [0.15, 0.2) is 0 Å². The van der Waals surface area contributed by atoms with Crippen LogP contribution >= 0.6 is 0 Å². The summed E-state index contributed by atoms with van der Waals surface area (Å²) in [5, 5.41) is 2.73. The lowest BCUT2D eigenvalue weighted by Gasteiger charge is -2.19. The molecule has 0 heterocycles. The van der Waals surface area contributed by atoms with Gasteiger partial charge in [-0.25, -0.2) is 19.7 Å². The Hall–Kier alpha value is -3.02. The van der Waals surface area contributed by atoms with Crippen molar-refractivity contribution >= 4 is 23.3 Å². The molecular weight excluding hydrogens is 308 g/mol. The summed E-state index contributed by atoms with van der Waals surface area (Å²) in [6, 6.07) is 18.4. The lowest BCUT2D eigenvalue weighted by atomic mass is 10.3.